The van der Waals surface area contributed by atoms with E-state index in [4.69, 9.17) is 0 Å². The highest BCUT2D eigenvalue weighted by Gasteiger charge is 2.56. The molecule has 0 aliphatic heterocycles. The first-order valence-electron chi connectivity index (χ1n) is 6.76. The van der Waals surface area contributed by atoms with Crippen molar-refractivity contribution in [1.29, 1.82) is 0 Å². The molecule has 4 atom stereocenters. The highest BCUT2D eigenvalue weighted by Crippen LogP contribution is 2.57. The standard InChI is InChI=1S/C13H21NO2/c15-11-7-2-1-6-10(11)14-13(16)12-8-4-3-5-9(8)12/h8-12,15H,1-7H2,(H,14,16). The van der Waals surface area contributed by atoms with E-state index in [2.05, 4.69) is 5.32 Å². The molecule has 3 fully saturated rings. The SMILES string of the molecule is O=C(NC1CCCCC1O)C1C2CCCC21. The van der Waals surface area contributed by atoms with Crippen LogP contribution in [0.4, 0.5) is 0 Å². The van der Waals surface area contributed by atoms with Gasteiger partial charge < -0.3 is 10.4 Å². The van der Waals surface area contributed by atoms with Crippen LogP contribution in [0.3, 0.4) is 0 Å². The number of aliphatic hydroxyl groups excluding tert-OH is 1. The molecule has 0 saturated heterocycles. The van der Waals surface area contributed by atoms with Crippen LogP contribution < -0.4 is 5.32 Å². The summed E-state index contributed by atoms with van der Waals surface area (Å²) in [7, 11) is 0. The third kappa shape index (κ3) is 1.75. The number of amides is 1. The van der Waals surface area contributed by atoms with Crippen molar-refractivity contribution in [3.05, 3.63) is 0 Å². The Balaban J connectivity index is 1.52. The van der Waals surface area contributed by atoms with Crippen LogP contribution in [0.1, 0.15) is 44.9 Å². The molecule has 90 valence electrons. The van der Waals surface area contributed by atoms with Gasteiger partial charge >= 0.3 is 0 Å². The van der Waals surface area contributed by atoms with Gasteiger partial charge in [-0.25, -0.2) is 0 Å². The molecule has 3 nitrogen and oxygen atoms in total. The van der Waals surface area contributed by atoms with Gasteiger partial charge in [0, 0.05) is 5.92 Å². The fourth-order valence-corrected chi connectivity index (χ4v) is 3.77. The van der Waals surface area contributed by atoms with Gasteiger partial charge in [-0.15, -0.1) is 0 Å². The number of rotatable bonds is 2. The number of carbonyl (C=O) groups excluding carboxylic acids is 1. The summed E-state index contributed by atoms with van der Waals surface area (Å²) >= 11 is 0. The lowest BCUT2D eigenvalue weighted by atomic mass is 9.92. The van der Waals surface area contributed by atoms with Gasteiger partial charge in [0.05, 0.1) is 12.1 Å². The Kier molecular flexibility index (Phi) is 2.66. The molecule has 3 aliphatic rings. The predicted octanol–water partition coefficient (Wildman–Crippen LogP) is 1.45. The summed E-state index contributed by atoms with van der Waals surface area (Å²) in [6.07, 6.45) is 7.53. The van der Waals surface area contributed by atoms with E-state index in [0.717, 1.165) is 25.7 Å². The topological polar surface area (TPSA) is 49.3 Å². The summed E-state index contributed by atoms with van der Waals surface area (Å²) in [6.45, 7) is 0. The lowest BCUT2D eigenvalue weighted by Crippen LogP contribution is -2.46. The van der Waals surface area contributed by atoms with Crippen molar-refractivity contribution in [2.24, 2.45) is 17.8 Å². The lowest BCUT2D eigenvalue weighted by Gasteiger charge is -2.28. The minimum Gasteiger partial charge on any atom is -0.391 e. The molecule has 0 aromatic carbocycles. The average Bonchev–Trinajstić information content (AvgIpc) is 2.76. The Morgan fingerprint density at radius 1 is 1.00 bits per heavy atom. The van der Waals surface area contributed by atoms with E-state index in [9.17, 15) is 9.90 Å². The number of nitrogens with one attached hydrogen (secondary N) is 1. The van der Waals surface area contributed by atoms with Crippen molar-refractivity contribution in [1.82, 2.24) is 5.32 Å². The number of hydrogen-bond donors (Lipinski definition) is 2. The second-order valence-corrected chi connectivity index (χ2v) is 5.75. The van der Waals surface area contributed by atoms with E-state index in [1.807, 2.05) is 0 Å². The molecule has 4 unspecified atom stereocenters. The maximum Gasteiger partial charge on any atom is 0.223 e. The molecule has 0 aromatic rings. The zero-order chi connectivity index (χ0) is 11.1. The van der Waals surface area contributed by atoms with Crippen LogP contribution >= 0.6 is 0 Å². The Morgan fingerprint density at radius 3 is 2.38 bits per heavy atom. The maximum atomic E-state index is 12.0. The van der Waals surface area contributed by atoms with Gasteiger partial charge in [0.15, 0.2) is 0 Å². The molecule has 3 aliphatic carbocycles. The fourth-order valence-electron chi connectivity index (χ4n) is 3.77. The summed E-state index contributed by atoms with van der Waals surface area (Å²) in [5.41, 5.74) is 0. The molecule has 0 spiro atoms. The highest BCUT2D eigenvalue weighted by molar-refractivity contribution is 5.82. The van der Waals surface area contributed by atoms with Gasteiger partial charge in [-0.05, 0) is 37.5 Å². The minimum absolute atomic E-state index is 0.0302. The second kappa shape index (κ2) is 4.02. The van der Waals surface area contributed by atoms with Crippen molar-refractivity contribution in [2.75, 3.05) is 0 Å². The summed E-state index contributed by atoms with van der Waals surface area (Å²) < 4.78 is 0. The van der Waals surface area contributed by atoms with E-state index in [-0.39, 0.29) is 18.1 Å². The molecule has 0 aromatic heterocycles. The monoisotopic (exact) mass is 223 g/mol. The Hall–Kier alpha value is -0.570. The van der Waals surface area contributed by atoms with Crippen molar-refractivity contribution in [3.8, 4) is 0 Å². The van der Waals surface area contributed by atoms with E-state index in [0.29, 0.717) is 17.8 Å². The highest BCUT2D eigenvalue weighted by atomic mass is 16.3. The zero-order valence-electron chi connectivity index (χ0n) is 9.69. The average molecular weight is 223 g/mol. The fraction of sp³-hybridized carbons (Fsp3) is 0.923. The van der Waals surface area contributed by atoms with Gasteiger partial charge in [-0.1, -0.05) is 19.3 Å². The molecule has 1 amide bonds. The molecule has 0 radical (unpaired) electrons. The van der Waals surface area contributed by atoms with Crippen LogP contribution in [0, 0.1) is 17.8 Å². The Labute approximate surface area is 96.6 Å². The van der Waals surface area contributed by atoms with Gasteiger partial charge in [-0.2, -0.15) is 0 Å². The van der Waals surface area contributed by atoms with E-state index in [1.165, 1.54) is 19.3 Å². The molecule has 3 saturated carbocycles. The largest absolute Gasteiger partial charge is 0.391 e. The molecule has 0 bridgehead atoms. The summed E-state index contributed by atoms with van der Waals surface area (Å²) in [4.78, 5) is 12.0. The second-order valence-electron chi connectivity index (χ2n) is 5.75. The Bertz CT molecular complexity index is 282. The van der Waals surface area contributed by atoms with E-state index in [1.54, 1.807) is 0 Å². The first-order chi connectivity index (χ1) is 7.77. The van der Waals surface area contributed by atoms with Crippen LogP contribution in [0.5, 0.6) is 0 Å². The molecule has 16 heavy (non-hydrogen) atoms. The van der Waals surface area contributed by atoms with E-state index >= 15 is 0 Å². The zero-order valence-corrected chi connectivity index (χ0v) is 9.69. The van der Waals surface area contributed by atoms with Crippen LogP contribution in [0.25, 0.3) is 0 Å². The van der Waals surface area contributed by atoms with Crippen LogP contribution in [0.15, 0.2) is 0 Å². The van der Waals surface area contributed by atoms with Crippen LogP contribution in [0.2, 0.25) is 0 Å². The molecule has 3 rings (SSSR count). The molecule has 0 heterocycles. The van der Waals surface area contributed by atoms with Crippen LogP contribution in [-0.4, -0.2) is 23.2 Å². The number of fused-ring (bicyclic) bond motifs is 1. The van der Waals surface area contributed by atoms with Gasteiger partial charge in [-0.3, -0.25) is 4.79 Å². The molecule has 3 heteroatoms. The smallest absolute Gasteiger partial charge is 0.223 e. The predicted molar refractivity (Wildman–Crippen MR) is 60.7 cm³/mol. The molecular formula is C13H21NO2. The van der Waals surface area contributed by atoms with Crippen molar-refractivity contribution in [3.63, 3.8) is 0 Å². The molecular weight excluding hydrogens is 202 g/mol. The minimum atomic E-state index is -0.309. The maximum absolute atomic E-state index is 12.0. The van der Waals surface area contributed by atoms with Crippen molar-refractivity contribution < 1.29 is 9.90 Å². The van der Waals surface area contributed by atoms with Crippen molar-refractivity contribution >= 4 is 5.91 Å². The quantitative estimate of drug-likeness (QED) is 0.744. The summed E-state index contributed by atoms with van der Waals surface area (Å²) in [5, 5.41) is 12.9. The summed E-state index contributed by atoms with van der Waals surface area (Å²) in [5.74, 6) is 1.88. The Morgan fingerprint density at radius 2 is 1.69 bits per heavy atom. The first kappa shape index (κ1) is 10.6. The van der Waals surface area contributed by atoms with Gasteiger partial charge in [0.1, 0.15) is 0 Å². The van der Waals surface area contributed by atoms with Crippen molar-refractivity contribution in [2.45, 2.75) is 57.1 Å². The van der Waals surface area contributed by atoms with Crippen LogP contribution in [-0.2, 0) is 4.79 Å². The number of carbonyl (C=O) groups is 1. The summed E-state index contributed by atoms with van der Waals surface area (Å²) in [6, 6.07) is 0.0302. The molecule has 2 N–H and O–H groups in total. The van der Waals surface area contributed by atoms with Gasteiger partial charge in [0.25, 0.3) is 0 Å². The first-order valence-corrected chi connectivity index (χ1v) is 6.76. The third-order valence-corrected chi connectivity index (χ3v) is 4.77. The van der Waals surface area contributed by atoms with Gasteiger partial charge in [0.2, 0.25) is 5.91 Å². The lowest BCUT2D eigenvalue weighted by molar-refractivity contribution is -0.125. The number of aliphatic hydroxyl groups is 1. The number of hydrogen-bond acceptors (Lipinski definition) is 2. The van der Waals surface area contributed by atoms with E-state index < -0.39 is 0 Å². The third-order valence-electron chi connectivity index (χ3n) is 4.77. The normalized spacial score (nSPS) is 46.2.